The smallest absolute Gasteiger partial charge is 0.269 e. The van der Waals surface area contributed by atoms with Gasteiger partial charge in [0.1, 0.15) is 12.4 Å². The van der Waals surface area contributed by atoms with Crippen LogP contribution in [0.4, 0.5) is 0 Å². The first kappa shape index (κ1) is 21.2. The van der Waals surface area contributed by atoms with Gasteiger partial charge in [-0.25, -0.2) is 0 Å². The van der Waals surface area contributed by atoms with E-state index in [9.17, 15) is 9.59 Å². The van der Waals surface area contributed by atoms with Gasteiger partial charge in [0, 0.05) is 16.1 Å². The third-order valence-electron chi connectivity index (χ3n) is 4.38. The number of nitrogens with zero attached hydrogens (tertiary/aromatic N) is 1. The van der Waals surface area contributed by atoms with E-state index in [0.717, 1.165) is 11.3 Å². The standard InChI is InChI=1S/C21H20ClN3O5/c1-12-17(13(2)30-25-12)11-29-18-9-6-15(10-19(18)28-3)21(27)24-23-20(26)14-4-7-16(22)8-5-14/h4-10H,11H2,1-3H3,(H,23,26)(H,24,27). The van der Waals surface area contributed by atoms with E-state index >= 15 is 0 Å². The number of hydrogen-bond donors (Lipinski definition) is 2. The van der Waals surface area contributed by atoms with Crippen molar-refractivity contribution in [2.24, 2.45) is 0 Å². The number of carbonyl (C=O) groups excluding carboxylic acids is 2. The molecule has 0 saturated heterocycles. The SMILES string of the molecule is COc1cc(C(=O)NNC(=O)c2ccc(Cl)cc2)ccc1OCc1c(C)noc1C. The molecule has 2 amide bonds. The van der Waals surface area contributed by atoms with Gasteiger partial charge in [-0.3, -0.25) is 20.4 Å². The third-order valence-corrected chi connectivity index (χ3v) is 4.63. The largest absolute Gasteiger partial charge is 0.493 e. The van der Waals surface area contributed by atoms with Gasteiger partial charge < -0.3 is 14.0 Å². The molecule has 9 heteroatoms. The number of aryl methyl sites for hydroxylation is 2. The van der Waals surface area contributed by atoms with Crippen LogP contribution in [-0.2, 0) is 6.61 Å². The van der Waals surface area contributed by atoms with Gasteiger partial charge in [-0.1, -0.05) is 16.8 Å². The van der Waals surface area contributed by atoms with Crippen molar-refractivity contribution >= 4 is 23.4 Å². The van der Waals surface area contributed by atoms with Crippen LogP contribution >= 0.6 is 11.6 Å². The molecule has 3 rings (SSSR count). The zero-order chi connectivity index (χ0) is 21.7. The molecule has 0 aliphatic heterocycles. The van der Waals surface area contributed by atoms with Crippen LogP contribution in [0.5, 0.6) is 11.5 Å². The third kappa shape index (κ3) is 4.90. The Hall–Kier alpha value is -3.52. The van der Waals surface area contributed by atoms with Crippen LogP contribution in [-0.4, -0.2) is 24.1 Å². The molecule has 0 atom stereocenters. The lowest BCUT2D eigenvalue weighted by molar-refractivity contribution is 0.0846. The molecule has 0 radical (unpaired) electrons. The number of amides is 2. The van der Waals surface area contributed by atoms with Gasteiger partial charge in [-0.15, -0.1) is 0 Å². The summed E-state index contributed by atoms with van der Waals surface area (Å²) in [6, 6.07) is 11.0. The Morgan fingerprint density at radius 2 is 1.63 bits per heavy atom. The molecule has 156 valence electrons. The zero-order valence-electron chi connectivity index (χ0n) is 16.6. The molecule has 1 aromatic heterocycles. The van der Waals surface area contributed by atoms with Crippen molar-refractivity contribution in [1.29, 1.82) is 0 Å². The van der Waals surface area contributed by atoms with Crippen LogP contribution < -0.4 is 20.3 Å². The second-order valence-corrected chi connectivity index (χ2v) is 6.81. The Labute approximate surface area is 178 Å². The van der Waals surface area contributed by atoms with E-state index in [0.29, 0.717) is 27.8 Å². The molecule has 30 heavy (non-hydrogen) atoms. The highest BCUT2D eigenvalue weighted by atomic mass is 35.5. The summed E-state index contributed by atoms with van der Waals surface area (Å²) in [5, 5.41) is 4.40. The van der Waals surface area contributed by atoms with Gasteiger partial charge in [0.25, 0.3) is 11.8 Å². The van der Waals surface area contributed by atoms with Crippen molar-refractivity contribution in [3.8, 4) is 11.5 Å². The maximum absolute atomic E-state index is 12.4. The summed E-state index contributed by atoms with van der Waals surface area (Å²) in [6.45, 7) is 3.89. The van der Waals surface area contributed by atoms with Crippen LogP contribution in [0.25, 0.3) is 0 Å². The fraction of sp³-hybridized carbons (Fsp3) is 0.190. The summed E-state index contributed by atoms with van der Waals surface area (Å²) in [4.78, 5) is 24.5. The molecule has 0 aliphatic carbocycles. The van der Waals surface area contributed by atoms with Gasteiger partial charge >= 0.3 is 0 Å². The van der Waals surface area contributed by atoms with Crippen molar-refractivity contribution in [2.45, 2.75) is 20.5 Å². The zero-order valence-corrected chi connectivity index (χ0v) is 17.4. The highest BCUT2D eigenvalue weighted by molar-refractivity contribution is 6.30. The molecule has 1 heterocycles. The number of ether oxygens (including phenoxy) is 2. The van der Waals surface area contributed by atoms with Crippen LogP contribution in [0.15, 0.2) is 47.0 Å². The van der Waals surface area contributed by atoms with Gasteiger partial charge in [-0.2, -0.15) is 0 Å². The lowest BCUT2D eigenvalue weighted by Crippen LogP contribution is -2.41. The second-order valence-electron chi connectivity index (χ2n) is 6.37. The molecule has 0 aliphatic rings. The summed E-state index contributed by atoms with van der Waals surface area (Å²) >= 11 is 5.80. The summed E-state index contributed by atoms with van der Waals surface area (Å²) in [6.07, 6.45) is 0. The van der Waals surface area contributed by atoms with E-state index in [1.165, 1.54) is 13.2 Å². The van der Waals surface area contributed by atoms with Crippen molar-refractivity contribution in [3.63, 3.8) is 0 Å². The minimum absolute atomic E-state index is 0.250. The summed E-state index contributed by atoms with van der Waals surface area (Å²) in [5.74, 6) is 0.538. The van der Waals surface area contributed by atoms with Crippen molar-refractivity contribution in [3.05, 3.63) is 75.6 Å². The van der Waals surface area contributed by atoms with Crippen molar-refractivity contribution < 1.29 is 23.6 Å². The van der Waals surface area contributed by atoms with E-state index < -0.39 is 11.8 Å². The average molecular weight is 430 g/mol. The number of halogens is 1. The molecule has 2 aromatic carbocycles. The number of hydrazine groups is 1. The number of carbonyl (C=O) groups is 2. The van der Waals surface area contributed by atoms with Gasteiger partial charge in [0.15, 0.2) is 11.5 Å². The Morgan fingerprint density at radius 3 is 2.23 bits per heavy atom. The Bertz CT molecular complexity index is 1040. The molecule has 3 aromatic rings. The lowest BCUT2D eigenvalue weighted by Gasteiger charge is -2.13. The Morgan fingerprint density at radius 1 is 1.00 bits per heavy atom. The van der Waals surface area contributed by atoms with Gasteiger partial charge in [0.05, 0.1) is 18.4 Å². The highest BCUT2D eigenvalue weighted by Crippen LogP contribution is 2.29. The first-order valence-corrected chi connectivity index (χ1v) is 9.35. The molecule has 0 bridgehead atoms. The quantitative estimate of drug-likeness (QED) is 0.580. The van der Waals surface area contributed by atoms with E-state index in [1.807, 2.05) is 13.8 Å². The molecular formula is C21H20ClN3O5. The molecule has 0 saturated carbocycles. The van der Waals surface area contributed by atoms with Gasteiger partial charge in [-0.05, 0) is 56.3 Å². The summed E-state index contributed by atoms with van der Waals surface area (Å²) < 4.78 is 16.2. The molecule has 0 fully saturated rings. The molecular weight excluding hydrogens is 410 g/mol. The van der Waals surface area contributed by atoms with E-state index in [4.69, 9.17) is 25.6 Å². The predicted molar refractivity (Wildman–Crippen MR) is 110 cm³/mol. The Balaban J connectivity index is 1.63. The Kier molecular flexibility index (Phi) is 6.58. The fourth-order valence-electron chi connectivity index (χ4n) is 2.65. The van der Waals surface area contributed by atoms with Crippen LogP contribution in [0.3, 0.4) is 0 Å². The first-order chi connectivity index (χ1) is 14.4. The monoisotopic (exact) mass is 429 g/mol. The van der Waals surface area contributed by atoms with Crippen LogP contribution in [0.2, 0.25) is 5.02 Å². The number of methoxy groups -OCH3 is 1. The average Bonchev–Trinajstić information content (AvgIpc) is 3.07. The van der Waals surface area contributed by atoms with E-state index in [2.05, 4.69) is 16.0 Å². The van der Waals surface area contributed by atoms with Crippen molar-refractivity contribution in [2.75, 3.05) is 7.11 Å². The summed E-state index contributed by atoms with van der Waals surface area (Å²) in [5.41, 5.74) is 6.96. The number of benzene rings is 2. The van der Waals surface area contributed by atoms with Crippen LogP contribution in [0, 0.1) is 13.8 Å². The highest BCUT2D eigenvalue weighted by Gasteiger charge is 2.15. The lowest BCUT2D eigenvalue weighted by atomic mass is 10.2. The first-order valence-electron chi connectivity index (χ1n) is 8.98. The summed E-state index contributed by atoms with van der Waals surface area (Å²) in [7, 11) is 1.47. The number of aromatic nitrogens is 1. The minimum Gasteiger partial charge on any atom is -0.493 e. The number of hydrogen-bond acceptors (Lipinski definition) is 6. The fourth-order valence-corrected chi connectivity index (χ4v) is 2.77. The van der Waals surface area contributed by atoms with E-state index in [-0.39, 0.29) is 12.2 Å². The maximum Gasteiger partial charge on any atom is 0.269 e. The second kappa shape index (κ2) is 9.32. The molecule has 2 N–H and O–H groups in total. The van der Waals surface area contributed by atoms with Crippen LogP contribution in [0.1, 0.15) is 37.7 Å². The number of rotatable bonds is 6. The molecule has 8 nitrogen and oxygen atoms in total. The molecule has 0 spiro atoms. The topological polar surface area (TPSA) is 103 Å². The van der Waals surface area contributed by atoms with E-state index in [1.54, 1.807) is 36.4 Å². The minimum atomic E-state index is -0.507. The maximum atomic E-state index is 12.4. The normalized spacial score (nSPS) is 10.4. The van der Waals surface area contributed by atoms with Gasteiger partial charge in [0.2, 0.25) is 0 Å². The number of nitrogens with one attached hydrogen (secondary N) is 2. The predicted octanol–water partition coefficient (Wildman–Crippen LogP) is 3.61. The van der Waals surface area contributed by atoms with Crippen molar-refractivity contribution in [1.82, 2.24) is 16.0 Å². The molecule has 0 unspecified atom stereocenters.